The number of nitrogens with zero attached hydrogens (tertiary/aromatic N) is 1. The summed E-state index contributed by atoms with van der Waals surface area (Å²) >= 11 is 3.41. The zero-order valence-corrected chi connectivity index (χ0v) is 16.5. The predicted molar refractivity (Wildman–Crippen MR) is 111 cm³/mol. The number of benzene rings is 3. The lowest BCUT2D eigenvalue weighted by Crippen LogP contribution is -2.12. The number of aryl methyl sites for hydroxylation is 2. The fourth-order valence-electron chi connectivity index (χ4n) is 2.88. The van der Waals surface area contributed by atoms with E-state index in [0.717, 1.165) is 21.1 Å². The van der Waals surface area contributed by atoms with Crippen LogP contribution in [0.2, 0.25) is 0 Å². The number of halogens is 1. The minimum absolute atomic E-state index is 0.177. The normalized spacial score (nSPS) is 10.9. The first-order valence-corrected chi connectivity index (χ1v) is 9.34. The molecular formula is C22H17BrN2O2. The van der Waals surface area contributed by atoms with E-state index in [2.05, 4.69) is 40.1 Å². The third kappa shape index (κ3) is 3.51. The summed E-state index contributed by atoms with van der Waals surface area (Å²) in [5.74, 6) is 0.357. The monoisotopic (exact) mass is 420 g/mol. The van der Waals surface area contributed by atoms with E-state index in [9.17, 15) is 4.79 Å². The van der Waals surface area contributed by atoms with E-state index in [1.807, 2.05) is 54.6 Å². The van der Waals surface area contributed by atoms with Crippen molar-refractivity contribution in [2.45, 2.75) is 13.8 Å². The van der Waals surface area contributed by atoms with Crippen LogP contribution in [0.5, 0.6) is 0 Å². The number of anilines is 1. The van der Waals surface area contributed by atoms with Crippen molar-refractivity contribution in [1.82, 2.24) is 4.98 Å². The van der Waals surface area contributed by atoms with Crippen molar-refractivity contribution in [3.63, 3.8) is 0 Å². The molecule has 0 spiro atoms. The molecule has 1 heterocycles. The molecule has 0 aliphatic carbocycles. The van der Waals surface area contributed by atoms with Crippen LogP contribution in [0.3, 0.4) is 0 Å². The van der Waals surface area contributed by atoms with Gasteiger partial charge < -0.3 is 9.73 Å². The van der Waals surface area contributed by atoms with E-state index in [0.29, 0.717) is 17.1 Å². The van der Waals surface area contributed by atoms with Crippen LogP contribution in [-0.2, 0) is 0 Å². The minimum atomic E-state index is -0.177. The van der Waals surface area contributed by atoms with Gasteiger partial charge >= 0.3 is 0 Å². The molecule has 4 nitrogen and oxygen atoms in total. The maximum Gasteiger partial charge on any atom is 0.256 e. The Morgan fingerprint density at radius 3 is 2.59 bits per heavy atom. The Morgan fingerprint density at radius 1 is 1.00 bits per heavy atom. The van der Waals surface area contributed by atoms with E-state index in [1.165, 1.54) is 11.1 Å². The number of amides is 1. The number of rotatable bonds is 3. The molecule has 27 heavy (non-hydrogen) atoms. The van der Waals surface area contributed by atoms with Crippen molar-refractivity contribution in [3.05, 3.63) is 81.8 Å². The fraction of sp³-hybridized carbons (Fsp3) is 0.0909. The largest absolute Gasteiger partial charge is 0.436 e. The Hall–Kier alpha value is -2.92. The zero-order valence-electron chi connectivity index (χ0n) is 14.9. The highest BCUT2D eigenvalue weighted by atomic mass is 79.9. The van der Waals surface area contributed by atoms with Gasteiger partial charge in [-0.15, -0.1) is 0 Å². The molecule has 0 saturated carbocycles. The number of fused-ring (bicyclic) bond motifs is 1. The number of oxazole rings is 1. The first kappa shape index (κ1) is 17.5. The number of hydrogen-bond acceptors (Lipinski definition) is 3. The fourth-order valence-corrected chi connectivity index (χ4v) is 3.34. The number of nitrogens with one attached hydrogen (secondary N) is 1. The first-order valence-electron chi connectivity index (χ1n) is 8.55. The molecule has 0 saturated heterocycles. The molecule has 4 aromatic rings. The highest BCUT2D eigenvalue weighted by Crippen LogP contribution is 2.28. The molecular weight excluding hydrogens is 404 g/mol. The van der Waals surface area contributed by atoms with Gasteiger partial charge in [0.2, 0.25) is 5.89 Å². The van der Waals surface area contributed by atoms with Gasteiger partial charge in [0.25, 0.3) is 5.91 Å². The molecule has 3 aromatic carbocycles. The molecule has 0 atom stereocenters. The van der Waals surface area contributed by atoms with Crippen LogP contribution in [0.25, 0.3) is 22.6 Å². The van der Waals surface area contributed by atoms with Gasteiger partial charge in [-0.1, -0.05) is 18.2 Å². The van der Waals surface area contributed by atoms with Gasteiger partial charge in [-0.2, -0.15) is 0 Å². The quantitative estimate of drug-likeness (QED) is 0.433. The van der Waals surface area contributed by atoms with E-state index < -0.39 is 0 Å². The Morgan fingerprint density at radius 2 is 1.78 bits per heavy atom. The van der Waals surface area contributed by atoms with Gasteiger partial charge in [0.1, 0.15) is 5.52 Å². The van der Waals surface area contributed by atoms with Crippen LogP contribution in [0.1, 0.15) is 21.5 Å². The average molecular weight is 421 g/mol. The van der Waals surface area contributed by atoms with E-state index in [-0.39, 0.29) is 5.91 Å². The van der Waals surface area contributed by atoms with Crippen molar-refractivity contribution in [2.24, 2.45) is 0 Å². The van der Waals surface area contributed by atoms with Crippen molar-refractivity contribution in [2.75, 3.05) is 5.32 Å². The molecule has 0 fully saturated rings. The smallest absolute Gasteiger partial charge is 0.256 e. The number of aromatic nitrogens is 1. The summed E-state index contributed by atoms with van der Waals surface area (Å²) in [7, 11) is 0. The van der Waals surface area contributed by atoms with Gasteiger partial charge in [0, 0.05) is 15.7 Å². The Labute approximate surface area is 165 Å². The zero-order chi connectivity index (χ0) is 19.0. The number of carbonyl (C=O) groups is 1. The van der Waals surface area contributed by atoms with E-state index in [4.69, 9.17) is 4.42 Å². The third-order valence-corrected chi connectivity index (χ3v) is 5.18. The van der Waals surface area contributed by atoms with Crippen LogP contribution in [0, 0.1) is 13.8 Å². The molecule has 5 heteroatoms. The van der Waals surface area contributed by atoms with Gasteiger partial charge in [0.15, 0.2) is 5.58 Å². The van der Waals surface area contributed by atoms with Crippen molar-refractivity contribution < 1.29 is 9.21 Å². The van der Waals surface area contributed by atoms with E-state index in [1.54, 1.807) is 6.07 Å². The Balaban J connectivity index is 1.65. The molecule has 0 unspecified atom stereocenters. The SMILES string of the molecule is Cc1cc2nc(-c3cccc(NC(=O)c4ccccc4Br)c3)oc2cc1C. The minimum Gasteiger partial charge on any atom is -0.436 e. The predicted octanol–water partition coefficient (Wildman–Crippen LogP) is 6.13. The maximum atomic E-state index is 12.5. The summed E-state index contributed by atoms with van der Waals surface area (Å²) in [6.07, 6.45) is 0. The summed E-state index contributed by atoms with van der Waals surface area (Å²) in [6.45, 7) is 4.11. The maximum absolute atomic E-state index is 12.5. The molecule has 0 bridgehead atoms. The highest BCUT2D eigenvalue weighted by Gasteiger charge is 2.12. The highest BCUT2D eigenvalue weighted by molar-refractivity contribution is 9.10. The molecule has 0 aliphatic heterocycles. The van der Waals surface area contributed by atoms with Gasteiger partial charge in [-0.25, -0.2) is 4.98 Å². The van der Waals surface area contributed by atoms with E-state index >= 15 is 0 Å². The van der Waals surface area contributed by atoms with Crippen LogP contribution in [0.15, 0.2) is 69.6 Å². The summed E-state index contributed by atoms with van der Waals surface area (Å²) in [5.41, 5.74) is 6.01. The van der Waals surface area contributed by atoms with Crippen LogP contribution >= 0.6 is 15.9 Å². The van der Waals surface area contributed by atoms with Gasteiger partial charge in [-0.3, -0.25) is 4.79 Å². The molecule has 1 aromatic heterocycles. The Kier molecular flexibility index (Phi) is 4.54. The van der Waals surface area contributed by atoms with Crippen molar-refractivity contribution in [3.8, 4) is 11.5 Å². The van der Waals surface area contributed by atoms with Gasteiger partial charge in [0.05, 0.1) is 5.56 Å². The second-order valence-electron chi connectivity index (χ2n) is 6.44. The van der Waals surface area contributed by atoms with Crippen molar-refractivity contribution >= 4 is 38.6 Å². The summed E-state index contributed by atoms with van der Waals surface area (Å²) in [6, 6.07) is 18.8. The molecule has 134 valence electrons. The lowest BCUT2D eigenvalue weighted by Gasteiger charge is -2.07. The summed E-state index contributed by atoms with van der Waals surface area (Å²) in [5, 5.41) is 2.92. The lowest BCUT2D eigenvalue weighted by atomic mass is 10.1. The average Bonchev–Trinajstić information content (AvgIpc) is 3.05. The molecule has 1 N–H and O–H groups in total. The Bertz CT molecular complexity index is 1130. The molecule has 0 aliphatic rings. The third-order valence-electron chi connectivity index (χ3n) is 4.49. The molecule has 0 radical (unpaired) electrons. The second kappa shape index (κ2) is 7.00. The van der Waals surface area contributed by atoms with Crippen molar-refractivity contribution in [1.29, 1.82) is 0 Å². The lowest BCUT2D eigenvalue weighted by molar-refractivity contribution is 0.102. The topological polar surface area (TPSA) is 55.1 Å². The van der Waals surface area contributed by atoms with Crippen LogP contribution in [0.4, 0.5) is 5.69 Å². The summed E-state index contributed by atoms with van der Waals surface area (Å²) < 4.78 is 6.68. The standard InChI is InChI=1S/C22H17BrN2O2/c1-13-10-19-20(11-14(13)2)27-22(25-19)15-6-5-7-16(12-15)24-21(26)17-8-3-4-9-18(17)23/h3-12H,1-2H3,(H,24,26). The summed E-state index contributed by atoms with van der Waals surface area (Å²) in [4.78, 5) is 17.1. The second-order valence-corrected chi connectivity index (χ2v) is 7.29. The van der Waals surface area contributed by atoms with Crippen LogP contribution < -0.4 is 5.32 Å². The molecule has 4 rings (SSSR count). The van der Waals surface area contributed by atoms with Gasteiger partial charge in [-0.05, 0) is 83.4 Å². The van der Waals surface area contributed by atoms with Crippen LogP contribution in [-0.4, -0.2) is 10.9 Å². The number of hydrogen-bond donors (Lipinski definition) is 1. The number of carbonyl (C=O) groups excluding carboxylic acids is 1. The molecule has 1 amide bonds. The first-order chi connectivity index (χ1) is 13.0.